The number of amides is 1. The van der Waals surface area contributed by atoms with E-state index >= 15 is 0 Å². The van der Waals surface area contributed by atoms with Gasteiger partial charge in [-0.25, -0.2) is 8.78 Å². The topological polar surface area (TPSA) is 49.8 Å². The van der Waals surface area contributed by atoms with Crippen LogP contribution < -0.4 is 0 Å². The minimum Gasteiger partial charge on any atom is -0.393 e. The number of rotatable bonds is 3. The first kappa shape index (κ1) is 14.4. The molecule has 6 heteroatoms. The molecule has 0 aromatic heterocycles. The maximum Gasteiger partial charge on any atom is 0.257 e. The normalized spacial score (nSPS) is 29.8. The maximum atomic E-state index is 13.4. The van der Waals surface area contributed by atoms with Crippen LogP contribution in [0, 0.1) is 11.6 Å². The highest BCUT2D eigenvalue weighted by atomic mass is 19.1. The number of nitrogens with zero attached hydrogens (tertiary/aromatic N) is 1. The van der Waals surface area contributed by atoms with Gasteiger partial charge in [-0.05, 0) is 24.1 Å². The second kappa shape index (κ2) is 5.03. The Labute approximate surface area is 121 Å². The minimum atomic E-state index is -0.932. The molecular formula is C15H17F2NO3. The van der Waals surface area contributed by atoms with Crippen molar-refractivity contribution in [3.05, 3.63) is 35.4 Å². The molecule has 0 bridgehead atoms. The van der Waals surface area contributed by atoms with Crippen molar-refractivity contribution in [2.24, 2.45) is 0 Å². The number of aliphatic hydroxyl groups excluding tert-OH is 1. The standard InChI is InChI=1S/C15H17F2NO3/c1-2-13(9-3-10(16)5-11(17)4-9)18-8-21-15(14(18)20)6-12(19)7-15/h3-5,12-13,19H,2,6-8H2,1H3. The van der Waals surface area contributed by atoms with Gasteiger partial charge in [0.1, 0.15) is 18.4 Å². The molecule has 1 amide bonds. The molecule has 2 fully saturated rings. The predicted molar refractivity (Wildman–Crippen MR) is 70.2 cm³/mol. The zero-order valence-corrected chi connectivity index (χ0v) is 11.7. The van der Waals surface area contributed by atoms with Gasteiger partial charge in [0.2, 0.25) is 0 Å². The van der Waals surface area contributed by atoms with Gasteiger partial charge in [0, 0.05) is 18.9 Å². The van der Waals surface area contributed by atoms with E-state index in [-0.39, 0.29) is 25.5 Å². The lowest BCUT2D eigenvalue weighted by molar-refractivity contribution is -0.158. The predicted octanol–water partition coefficient (Wildman–Crippen LogP) is 2.13. The molecule has 1 aliphatic heterocycles. The number of ether oxygens (including phenoxy) is 1. The molecule has 1 aliphatic carbocycles. The van der Waals surface area contributed by atoms with Gasteiger partial charge in [0.25, 0.3) is 5.91 Å². The number of carbonyl (C=O) groups excluding carboxylic acids is 1. The summed E-state index contributed by atoms with van der Waals surface area (Å²) >= 11 is 0. The Hall–Kier alpha value is -1.53. The first-order chi connectivity index (χ1) is 9.95. The van der Waals surface area contributed by atoms with Crippen LogP contribution in [0.1, 0.15) is 37.8 Å². The molecule has 3 rings (SSSR count). The van der Waals surface area contributed by atoms with Crippen LogP contribution in [-0.2, 0) is 9.53 Å². The van der Waals surface area contributed by atoms with Crippen molar-refractivity contribution in [2.75, 3.05) is 6.73 Å². The number of carbonyl (C=O) groups is 1. The van der Waals surface area contributed by atoms with Crippen LogP contribution in [0.25, 0.3) is 0 Å². The van der Waals surface area contributed by atoms with Crippen molar-refractivity contribution in [1.29, 1.82) is 0 Å². The molecule has 1 aromatic rings. The molecule has 1 aromatic carbocycles. The summed E-state index contributed by atoms with van der Waals surface area (Å²) in [6.07, 6.45) is 0.587. The van der Waals surface area contributed by atoms with E-state index in [0.717, 1.165) is 6.07 Å². The number of aliphatic hydroxyl groups is 1. The summed E-state index contributed by atoms with van der Waals surface area (Å²) in [6.45, 7) is 1.93. The fraction of sp³-hybridized carbons (Fsp3) is 0.533. The van der Waals surface area contributed by atoms with E-state index in [1.807, 2.05) is 6.92 Å². The van der Waals surface area contributed by atoms with Gasteiger partial charge in [-0.2, -0.15) is 0 Å². The van der Waals surface area contributed by atoms with Crippen LogP contribution in [0.3, 0.4) is 0 Å². The van der Waals surface area contributed by atoms with Crippen LogP contribution in [0.2, 0.25) is 0 Å². The highest BCUT2D eigenvalue weighted by Crippen LogP contribution is 2.44. The average Bonchev–Trinajstić information content (AvgIpc) is 2.68. The second-order valence-electron chi connectivity index (χ2n) is 5.73. The third kappa shape index (κ3) is 2.32. The van der Waals surface area contributed by atoms with E-state index in [1.54, 1.807) is 0 Å². The van der Waals surface area contributed by atoms with Crippen molar-refractivity contribution in [3.63, 3.8) is 0 Å². The molecule has 1 heterocycles. The first-order valence-electron chi connectivity index (χ1n) is 7.04. The van der Waals surface area contributed by atoms with E-state index in [2.05, 4.69) is 0 Å². The molecule has 0 radical (unpaired) electrons. The molecule has 1 atom stereocenters. The van der Waals surface area contributed by atoms with Gasteiger partial charge in [0.15, 0.2) is 5.60 Å². The fourth-order valence-electron chi connectivity index (χ4n) is 3.20. The third-order valence-electron chi connectivity index (χ3n) is 4.29. The summed E-state index contributed by atoms with van der Waals surface area (Å²) in [7, 11) is 0. The third-order valence-corrected chi connectivity index (χ3v) is 4.29. The summed E-state index contributed by atoms with van der Waals surface area (Å²) in [5.74, 6) is -1.53. The van der Waals surface area contributed by atoms with Gasteiger partial charge in [-0.3, -0.25) is 4.79 Å². The molecule has 1 unspecified atom stereocenters. The second-order valence-corrected chi connectivity index (χ2v) is 5.73. The van der Waals surface area contributed by atoms with Crippen LogP contribution in [0.5, 0.6) is 0 Å². The van der Waals surface area contributed by atoms with Crippen molar-refractivity contribution in [1.82, 2.24) is 4.90 Å². The molecule has 4 nitrogen and oxygen atoms in total. The van der Waals surface area contributed by atoms with E-state index in [0.29, 0.717) is 12.0 Å². The Bertz CT molecular complexity index is 552. The largest absolute Gasteiger partial charge is 0.393 e. The summed E-state index contributed by atoms with van der Waals surface area (Å²) in [4.78, 5) is 14.0. The van der Waals surface area contributed by atoms with Crippen molar-refractivity contribution in [2.45, 2.75) is 43.9 Å². The number of hydrogen-bond donors (Lipinski definition) is 1. The van der Waals surface area contributed by atoms with E-state index in [1.165, 1.54) is 17.0 Å². The molecule has 1 N–H and O–H groups in total. The highest BCUT2D eigenvalue weighted by Gasteiger charge is 2.57. The fourth-order valence-corrected chi connectivity index (χ4v) is 3.20. The van der Waals surface area contributed by atoms with Crippen molar-refractivity contribution in [3.8, 4) is 0 Å². The summed E-state index contributed by atoms with van der Waals surface area (Å²) < 4.78 is 32.3. The smallest absolute Gasteiger partial charge is 0.257 e. The van der Waals surface area contributed by atoms with Gasteiger partial charge in [-0.1, -0.05) is 6.92 Å². The molecule has 2 aliphatic rings. The van der Waals surface area contributed by atoms with Gasteiger partial charge < -0.3 is 14.7 Å². The van der Waals surface area contributed by atoms with Crippen LogP contribution in [0.15, 0.2) is 18.2 Å². The van der Waals surface area contributed by atoms with E-state index in [9.17, 15) is 18.7 Å². The lowest BCUT2D eigenvalue weighted by Crippen LogP contribution is -2.54. The minimum absolute atomic E-state index is 0.0855. The Morgan fingerprint density at radius 3 is 2.52 bits per heavy atom. The van der Waals surface area contributed by atoms with Crippen molar-refractivity contribution >= 4 is 5.91 Å². The maximum absolute atomic E-state index is 13.4. The van der Waals surface area contributed by atoms with Gasteiger partial charge >= 0.3 is 0 Å². The Balaban J connectivity index is 1.86. The Morgan fingerprint density at radius 2 is 2.00 bits per heavy atom. The molecule has 1 saturated heterocycles. The van der Waals surface area contributed by atoms with E-state index < -0.39 is 29.4 Å². The van der Waals surface area contributed by atoms with Crippen LogP contribution in [0.4, 0.5) is 8.78 Å². The van der Waals surface area contributed by atoms with Gasteiger partial charge in [0.05, 0.1) is 12.1 Å². The highest BCUT2D eigenvalue weighted by molar-refractivity contribution is 5.88. The number of benzene rings is 1. The first-order valence-corrected chi connectivity index (χ1v) is 7.04. The molecule has 1 spiro atoms. The average molecular weight is 297 g/mol. The Morgan fingerprint density at radius 1 is 1.38 bits per heavy atom. The lowest BCUT2D eigenvalue weighted by Gasteiger charge is -2.39. The quantitative estimate of drug-likeness (QED) is 0.930. The van der Waals surface area contributed by atoms with Crippen LogP contribution >= 0.6 is 0 Å². The number of halogens is 2. The lowest BCUT2D eigenvalue weighted by atomic mass is 9.76. The zero-order chi connectivity index (χ0) is 15.2. The summed E-state index contributed by atoms with van der Waals surface area (Å²) in [5, 5.41) is 9.41. The molecular weight excluding hydrogens is 280 g/mol. The molecule has 21 heavy (non-hydrogen) atoms. The monoisotopic (exact) mass is 297 g/mol. The molecule has 114 valence electrons. The summed E-state index contributed by atoms with van der Waals surface area (Å²) in [6, 6.07) is 2.86. The Kier molecular flexibility index (Phi) is 3.45. The molecule has 1 saturated carbocycles. The van der Waals surface area contributed by atoms with E-state index in [4.69, 9.17) is 4.74 Å². The van der Waals surface area contributed by atoms with Crippen LogP contribution in [-0.4, -0.2) is 34.3 Å². The van der Waals surface area contributed by atoms with Gasteiger partial charge in [-0.15, -0.1) is 0 Å². The number of hydrogen-bond acceptors (Lipinski definition) is 3. The zero-order valence-electron chi connectivity index (χ0n) is 11.7. The summed E-state index contributed by atoms with van der Waals surface area (Å²) in [5.41, 5.74) is -0.512. The van der Waals surface area contributed by atoms with Crippen molar-refractivity contribution < 1.29 is 23.4 Å². The SMILES string of the molecule is CCC(c1cc(F)cc(F)c1)N1COC2(CC(O)C2)C1=O.